The molecule has 2 N–H and O–H groups in total. The molecule has 0 saturated carbocycles. The number of aliphatic hydroxyl groups excluding tert-OH is 1. The zero-order chi connectivity index (χ0) is 12.8. The lowest BCUT2D eigenvalue weighted by Crippen LogP contribution is -2.14. The predicted molar refractivity (Wildman–Crippen MR) is 69.9 cm³/mol. The molecule has 0 aromatic heterocycles. The fourth-order valence-electron chi connectivity index (χ4n) is 1.75. The van der Waals surface area contributed by atoms with Gasteiger partial charge in [-0.05, 0) is 17.7 Å². The van der Waals surface area contributed by atoms with Gasteiger partial charge in [0.15, 0.2) is 0 Å². The molecular formula is C15H16O3. The van der Waals surface area contributed by atoms with E-state index in [1.165, 1.54) is 0 Å². The van der Waals surface area contributed by atoms with Crippen LogP contribution in [0.2, 0.25) is 0 Å². The van der Waals surface area contributed by atoms with Crippen molar-refractivity contribution in [1.82, 2.24) is 0 Å². The topological polar surface area (TPSA) is 49.7 Å². The summed E-state index contributed by atoms with van der Waals surface area (Å²) >= 11 is 0. The molecule has 1 unspecified atom stereocenters. The Hall–Kier alpha value is -2.00. The van der Waals surface area contributed by atoms with Gasteiger partial charge in [0.25, 0.3) is 0 Å². The van der Waals surface area contributed by atoms with Gasteiger partial charge in [-0.25, -0.2) is 0 Å². The van der Waals surface area contributed by atoms with Gasteiger partial charge in [-0.2, -0.15) is 0 Å². The first-order chi connectivity index (χ1) is 8.79. The number of aromatic hydroxyl groups is 1. The van der Waals surface area contributed by atoms with E-state index in [2.05, 4.69) is 0 Å². The number of ether oxygens (including phenoxy) is 1. The summed E-state index contributed by atoms with van der Waals surface area (Å²) in [6.45, 7) is 0.410. The molecule has 3 heteroatoms. The standard InChI is InChI=1S/C15H16O3/c16-10-13(12-5-2-1-3-6-12)11-18-15-8-4-7-14(17)9-15/h1-9,13,16-17H,10-11H2. The van der Waals surface area contributed by atoms with Crippen LogP contribution in [-0.2, 0) is 0 Å². The summed E-state index contributed by atoms with van der Waals surface area (Å²) in [6.07, 6.45) is 0. The minimum Gasteiger partial charge on any atom is -0.508 e. The Morgan fingerprint density at radius 1 is 1.00 bits per heavy atom. The van der Waals surface area contributed by atoms with Gasteiger partial charge in [0.1, 0.15) is 11.5 Å². The van der Waals surface area contributed by atoms with E-state index in [4.69, 9.17) is 4.74 Å². The normalized spacial score (nSPS) is 12.1. The lowest BCUT2D eigenvalue weighted by Gasteiger charge is -2.15. The highest BCUT2D eigenvalue weighted by molar-refractivity contribution is 5.32. The molecule has 18 heavy (non-hydrogen) atoms. The van der Waals surface area contributed by atoms with Crippen molar-refractivity contribution in [2.75, 3.05) is 13.2 Å². The van der Waals surface area contributed by atoms with Crippen molar-refractivity contribution >= 4 is 0 Å². The third-order valence-corrected chi connectivity index (χ3v) is 2.76. The van der Waals surface area contributed by atoms with Gasteiger partial charge in [-0.1, -0.05) is 36.4 Å². The molecule has 3 nitrogen and oxygen atoms in total. The smallest absolute Gasteiger partial charge is 0.123 e. The van der Waals surface area contributed by atoms with Gasteiger partial charge in [0.05, 0.1) is 13.2 Å². The van der Waals surface area contributed by atoms with Gasteiger partial charge >= 0.3 is 0 Å². The van der Waals surface area contributed by atoms with Gasteiger partial charge in [0.2, 0.25) is 0 Å². The predicted octanol–water partition coefficient (Wildman–Crippen LogP) is 2.55. The van der Waals surface area contributed by atoms with Crippen molar-refractivity contribution in [2.24, 2.45) is 0 Å². The lowest BCUT2D eigenvalue weighted by atomic mass is 10.0. The van der Waals surface area contributed by atoms with E-state index < -0.39 is 0 Å². The van der Waals surface area contributed by atoms with E-state index in [-0.39, 0.29) is 18.3 Å². The van der Waals surface area contributed by atoms with Crippen molar-refractivity contribution in [3.8, 4) is 11.5 Å². The number of phenolic OH excluding ortho intramolecular Hbond substituents is 1. The molecule has 0 bridgehead atoms. The van der Waals surface area contributed by atoms with Gasteiger partial charge in [-0.15, -0.1) is 0 Å². The SMILES string of the molecule is OCC(COc1cccc(O)c1)c1ccccc1. The molecule has 0 fully saturated rings. The second kappa shape index (κ2) is 6.07. The number of rotatable bonds is 5. The molecule has 0 radical (unpaired) electrons. The molecular weight excluding hydrogens is 228 g/mol. The van der Waals surface area contributed by atoms with Crippen molar-refractivity contribution in [1.29, 1.82) is 0 Å². The molecule has 0 aliphatic carbocycles. The Balaban J connectivity index is 2.00. The molecule has 0 heterocycles. The summed E-state index contributed by atoms with van der Waals surface area (Å²) in [5, 5.41) is 18.7. The number of phenols is 1. The number of aliphatic hydroxyl groups is 1. The zero-order valence-corrected chi connectivity index (χ0v) is 9.99. The lowest BCUT2D eigenvalue weighted by molar-refractivity contribution is 0.205. The van der Waals surface area contributed by atoms with Gasteiger partial charge in [-0.3, -0.25) is 0 Å². The molecule has 94 valence electrons. The molecule has 1 atom stereocenters. The average molecular weight is 244 g/mol. The zero-order valence-electron chi connectivity index (χ0n) is 9.99. The van der Waals surface area contributed by atoms with Crippen LogP contribution in [0.1, 0.15) is 11.5 Å². The van der Waals surface area contributed by atoms with E-state index in [1.807, 2.05) is 30.3 Å². The van der Waals surface area contributed by atoms with Gasteiger partial charge in [0, 0.05) is 12.0 Å². The van der Waals surface area contributed by atoms with Crippen LogP contribution in [0.25, 0.3) is 0 Å². The second-order valence-corrected chi connectivity index (χ2v) is 4.10. The van der Waals surface area contributed by atoms with Crippen molar-refractivity contribution in [3.05, 3.63) is 60.2 Å². The molecule has 2 aromatic rings. The Bertz CT molecular complexity index is 482. The highest BCUT2D eigenvalue weighted by Crippen LogP contribution is 2.21. The Morgan fingerprint density at radius 2 is 1.78 bits per heavy atom. The van der Waals surface area contributed by atoms with Crippen LogP contribution in [-0.4, -0.2) is 23.4 Å². The summed E-state index contributed by atoms with van der Waals surface area (Å²) in [6, 6.07) is 16.4. The first-order valence-corrected chi connectivity index (χ1v) is 5.87. The molecule has 0 saturated heterocycles. The number of benzene rings is 2. The maximum Gasteiger partial charge on any atom is 0.123 e. The summed E-state index contributed by atoms with van der Waals surface area (Å²) < 4.78 is 5.57. The highest BCUT2D eigenvalue weighted by atomic mass is 16.5. The molecule has 0 aliphatic heterocycles. The largest absolute Gasteiger partial charge is 0.508 e. The summed E-state index contributed by atoms with van der Waals surface area (Å²) in [5.41, 5.74) is 1.04. The minimum atomic E-state index is -0.0615. The first-order valence-electron chi connectivity index (χ1n) is 5.87. The average Bonchev–Trinajstić information content (AvgIpc) is 2.41. The van der Waals surface area contributed by atoms with E-state index in [1.54, 1.807) is 24.3 Å². The number of hydrogen-bond donors (Lipinski definition) is 2. The minimum absolute atomic E-state index is 0.0306. The Kier molecular flexibility index (Phi) is 4.20. The Labute approximate surface area is 106 Å². The van der Waals surface area contributed by atoms with Crippen molar-refractivity contribution in [2.45, 2.75) is 5.92 Å². The molecule has 0 spiro atoms. The van der Waals surface area contributed by atoms with Crippen LogP contribution < -0.4 is 4.74 Å². The van der Waals surface area contributed by atoms with E-state index in [9.17, 15) is 10.2 Å². The van der Waals surface area contributed by atoms with E-state index in [0.29, 0.717) is 12.4 Å². The molecule has 0 amide bonds. The van der Waals surface area contributed by atoms with Crippen LogP contribution in [0, 0.1) is 0 Å². The van der Waals surface area contributed by atoms with Gasteiger partial charge < -0.3 is 14.9 Å². The Morgan fingerprint density at radius 3 is 2.44 bits per heavy atom. The second-order valence-electron chi connectivity index (χ2n) is 4.10. The van der Waals surface area contributed by atoms with E-state index in [0.717, 1.165) is 5.56 Å². The van der Waals surface area contributed by atoms with Crippen molar-refractivity contribution in [3.63, 3.8) is 0 Å². The fraction of sp³-hybridized carbons (Fsp3) is 0.200. The van der Waals surface area contributed by atoms with Crippen LogP contribution in [0.3, 0.4) is 0 Å². The summed E-state index contributed by atoms with van der Waals surface area (Å²) in [5.74, 6) is 0.714. The first kappa shape index (κ1) is 12.5. The van der Waals surface area contributed by atoms with Crippen LogP contribution in [0.4, 0.5) is 0 Å². The third kappa shape index (κ3) is 3.25. The monoisotopic (exact) mass is 244 g/mol. The van der Waals surface area contributed by atoms with Crippen molar-refractivity contribution < 1.29 is 14.9 Å². The maximum absolute atomic E-state index is 9.38. The third-order valence-electron chi connectivity index (χ3n) is 2.76. The molecule has 0 aliphatic rings. The van der Waals surface area contributed by atoms with Crippen LogP contribution in [0.5, 0.6) is 11.5 Å². The summed E-state index contributed by atoms with van der Waals surface area (Å²) in [7, 11) is 0. The highest BCUT2D eigenvalue weighted by Gasteiger charge is 2.10. The molecule has 2 aromatic carbocycles. The number of hydrogen-bond acceptors (Lipinski definition) is 3. The van der Waals surface area contributed by atoms with Crippen LogP contribution >= 0.6 is 0 Å². The fourth-order valence-corrected chi connectivity index (χ4v) is 1.75. The molecule has 2 rings (SSSR count). The maximum atomic E-state index is 9.38. The summed E-state index contributed by atoms with van der Waals surface area (Å²) in [4.78, 5) is 0. The van der Waals surface area contributed by atoms with E-state index >= 15 is 0 Å². The quantitative estimate of drug-likeness (QED) is 0.849. The van der Waals surface area contributed by atoms with Crippen LogP contribution in [0.15, 0.2) is 54.6 Å².